The second kappa shape index (κ2) is 7.78. The third-order valence-corrected chi connectivity index (χ3v) is 8.58. The molecule has 32 heavy (non-hydrogen) atoms. The molecule has 0 amide bonds. The van der Waals surface area contributed by atoms with Gasteiger partial charge in [-0.05, 0) is 0 Å². The Morgan fingerprint density at radius 1 is 0.562 bits per heavy atom. The average Bonchev–Trinajstić information content (AvgIpc) is 2.66. The monoisotopic (exact) mass is 452 g/mol. The summed E-state index contributed by atoms with van der Waals surface area (Å²) >= 11 is 0. The first-order valence-electron chi connectivity index (χ1n) is 11.1. The van der Waals surface area contributed by atoms with Gasteiger partial charge in [0.1, 0.15) is 0 Å². The summed E-state index contributed by atoms with van der Waals surface area (Å²) in [6, 6.07) is 18.7. The molecule has 3 N–H and O–H groups in total. The molecular weight excluding hydrogens is 415 g/mol. The number of hydrogen-bond donors (Lipinski definition) is 3. The van der Waals surface area contributed by atoms with Crippen LogP contribution in [0.5, 0.6) is 0 Å². The van der Waals surface area contributed by atoms with Gasteiger partial charge in [-0.25, -0.2) is 0 Å². The van der Waals surface area contributed by atoms with Gasteiger partial charge >= 0.3 is 193 Å². The number of hydrogen-bond acceptors (Lipinski definition) is 3. The van der Waals surface area contributed by atoms with Gasteiger partial charge in [-0.15, -0.1) is 0 Å². The zero-order chi connectivity index (χ0) is 24.1. The van der Waals surface area contributed by atoms with Crippen molar-refractivity contribution in [1.29, 1.82) is 0 Å². The van der Waals surface area contributed by atoms with Gasteiger partial charge in [0.2, 0.25) is 0 Å². The van der Waals surface area contributed by atoms with Crippen molar-refractivity contribution in [3.63, 3.8) is 0 Å². The molecule has 0 aliphatic rings. The molecule has 3 aromatic rings. The summed E-state index contributed by atoms with van der Waals surface area (Å²) in [5, 5.41) is 0.369. The van der Waals surface area contributed by atoms with E-state index in [-0.39, 0.29) is 21.4 Å². The average molecular weight is 453 g/mol. The first-order chi connectivity index (χ1) is 14.5. The topological polar surface area (TPSA) is 60.7 Å². The molecule has 172 valence electrons. The van der Waals surface area contributed by atoms with Crippen LogP contribution in [0.3, 0.4) is 0 Å². The minimum absolute atomic E-state index is 0.161. The van der Waals surface area contributed by atoms with E-state index in [1.54, 1.807) is 18.2 Å². The number of benzene rings is 3. The van der Waals surface area contributed by atoms with Gasteiger partial charge in [-0.3, -0.25) is 0 Å². The molecule has 0 atom stereocenters. The first-order valence-corrected chi connectivity index (χ1v) is 13.2. The summed E-state index contributed by atoms with van der Waals surface area (Å²) in [6.07, 6.45) is 0. The molecule has 0 saturated heterocycles. The van der Waals surface area contributed by atoms with Gasteiger partial charge in [-0.2, -0.15) is 0 Å². The van der Waals surface area contributed by atoms with Crippen LogP contribution in [0.1, 0.15) is 63.8 Å². The molecule has 0 aliphatic carbocycles. The van der Waals surface area contributed by atoms with Crippen molar-refractivity contribution in [3.8, 4) is 11.1 Å². The molecule has 0 radical (unpaired) electrons. The number of rotatable bonds is 3. The third-order valence-electron chi connectivity index (χ3n) is 6.02. The van der Waals surface area contributed by atoms with Crippen molar-refractivity contribution >= 4 is 17.9 Å². The van der Waals surface area contributed by atoms with Crippen molar-refractivity contribution in [2.45, 2.75) is 66.2 Å². The van der Waals surface area contributed by atoms with E-state index in [0.717, 1.165) is 27.8 Å². The molecule has 0 aromatic heterocycles. The molecule has 0 aliphatic heterocycles. The van der Waals surface area contributed by atoms with E-state index in [4.69, 9.17) is 0 Å². The molecule has 0 fully saturated rings. The zero-order valence-electron chi connectivity index (χ0n) is 20.6. The third kappa shape index (κ3) is 4.54. The Balaban J connectivity index is 2.39. The fraction of sp³-hybridized carbons (Fsp3) is 0.357. The standard InChI is InChI=1S/C28H37O3P/c1-19-13-15-21(23(17-19)27(3,4)5)22-11-9-10-12-25(22)32(29,30,31)26-16-14-20(2)18-24(26)28(6,7)8/h9-18,29-31H,1-8H3. The molecule has 3 nitrogen and oxygen atoms in total. The van der Waals surface area contributed by atoms with Crippen LogP contribution in [-0.4, -0.2) is 14.7 Å². The maximum atomic E-state index is 11.8. The van der Waals surface area contributed by atoms with Gasteiger partial charge in [0.05, 0.1) is 0 Å². The van der Waals surface area contributed by atoms with E-state index in [0.29, 0.717) is 5.56 Å². The van der Waals surface area contributed by atoms with E-state index in [1.807, 2.05) is 64.1 Å². The van der Waals surface area contributed by atoms with Crippen LogP contribution in [0.15, 0.2) is 60.7 Å². The molecule has 0 unspecified atom stereocenters. The predicted molar refractivity (Wildman–Crippen MR) is 138 cm³/mol. The molecule has 3 aromatic carbocycles. The maximum absolute atomic E-state index is 11.8. The zero-order valence-corrected chi connectivity index (χ0v) is 21.5. The summed E-state index contributed by atoms with van der Waals surface area (Å²) in [5.74, 6) is 0. The molecule has 0 saturated carbocycles. The molecule has 3 rings (SSSR count). The summed E-state index contributed by atoms with van der Waals surface area (Å²) in [7, 11) is -5.46. The van der Waals surface area contributed by atoms with E-state index in [2.05, 4.69) is 33.8 Å². The Morgan fingerprint density at radius 3 is 1.62 bits per heavy atom. The van der Waals surface area contributed by atoms with Gasteiger partial charge in [0.15, 0.2) is 0 Å². The fourth-order valence-corrected chi connectivity index (χ4v) is 6.76. The predicted octanol–water partition coefficient (Wildman–Crippen LogP) is 5.79. The Hall–Kier alpha value is -2.03. The van der Waals surface area contributed by atoms with E-state index in [1.165, 1.54) is 0 Å². The second-order valence-corrected chi connectivity index (χ2v) is 14.0. The normalized spacial score (nSPS) is 14.2. The van der Waals surface area contributed by atoms with Crippen LogP contribution in [0, 0.1) is 13.8 Å². The Morgan fingerprint density at radius 2 is 1.06 bits per heavy atom. The summed E-state index contributed by atoms with van der Waals surface area (Å²) in [6.45, 7) is 16.5. The number of aryl methyl sites for hydroxylation is 2. The SMILES string of the molecule is Cc1ccc(-c2ccccc2P(O)(O)(O)c2ccc(C)cc2C(C)(C)C)c(C(C)(C)C)c1. The summed E-state index contributed by atoms with van der Waals surface area (Å²) in [4.78, 5) is 35.4. The van der Waals surface area contributed by atoms with Gasteiger partial charge in [0.25, 0.3) is 0 Å². The van der Waals surface area contributed by atoms with Crippen molar-refractivity contribution < 1.29 is 14.7 Å². The van der Waals surface area contributed by atoms with E-state index >= 15 is 0 Å². The van der Waals surface area contributed by atoms with Crippen LogP contribution in [0.2, 0.25) is 0 Å². The Labute approximate surface area is 193 Å². The van der Waals surface area contributed by atoms with E-state index < -0.39 is 7.28 Å². The van der Waals surface area contributed by atoms with Crippen molar-refractivity contribution in [2.24, 2.45) is 0 Å². The summed E-state index contributed by atoms with van der Waals surface area (Å²) in [5.41, 5.74) is 4.97. The van der Waals surface area contributed by atoms with Crippen LogP contribution in [-0.2, 0) is 10.8 Å². The minimum atomic E-state index is -5.46. The molecule has 4 heteroatoms. The van der Waals surface area contributed by atoms with Crippen molar-refractivity contribution in [2.75, 3.05) is 0 Å². The van der Waals surface area contributed by atoms with Crippen LogP contribution in [0.4, 0.5) is 0 Å². The van der Waals surface area contributed by atoms with Gasteiger partial charge in [0, 0.05) is 0 Å². The molecule has 0 bridgehead atoms. The second-order valence-electron chi connectivity index (χ2n) is 11.1. The molecular formula is C28H37O3P. The fourth-order valence-electron chi connectivity index (χ4n) is 4.31. The van der Waals surface area contributed by atoms with Crippen molar-refractivity contribution in [3.05, 3.63) is 82.9 Å². The van der Waals surface area contributed by atoms with Gasteiger partial charge in [-0.1, -0.05) is 0 Å². The van der Waals surface area contributed by atoms with E-state index in [9.17, 15) is 14.7 Å². The molecule has 0 heterocycles. The van der Waals surface area contributed by atoms with Crippen LogP contribution < -0.4 is 10.6 Å². The summed E-state index contributed by atoms with van der Waals surface area (Å²) < 4.78 is 0. The Bertz CT molecular complexity index is 1160. The Kier molecular flexibility index (Phi) is 5.98. The quantitative estimate of drug-likeness (QED) is 0.441. The van der Waals surface area contributed by atoms with Crippen LogP contribution in [0.25, 0.3) is 11.1 Å². The van der Waals surface area contributed by atoms with Gasteiger partial charge < -0.3 is 0 Å². The van der Waals surface area contributed by atoms with Crippen LogP contribution >= 0.6 is 7.28 Å². The molecule has 0 spiro atoms. The first kappa shape index (κ1) is 24.6. The van der Waals surface area contributed by atoms with Crippen molar-refractivity contribution in [1.82, 2.24) is 0 Å².